The summed E-state index contributed by atoms with van der Waals surface area (Å²) in [4.78, 5) is 4.40. The van der Waals surface area contributed by atoms with Gasteiger partial charge in [-0.15, -0.1) is 12.4 Å². The van der Waals surface area contributed by atoms with Crippen molar-refractivity contribution in [1.29, 1.82) is 0 Å². The molecule has 0 amide bonds. The predicted octanol–water partition coefficient (Wildman–Crippen LogP) is 1.72. The minimum Gasteiger partial charge on any atom is -0.482 e. The molecule has 86 valence electrons. The van der Waals surface area contributed by atoms with Gasteiger partial charge in [0.25, 0.3) is 0 Å². The van der Waals surface area contributed by atoms with Crippen LogP contribution in [0.15, 0.2) is 23.2 Å². The van der Waals surface area contributed by atoms with Crippen LogP contribution < -0.4 is 10.1 Å². The largest absolute Gasteiger partial charge is 0.482 e. The molecule has 1 aromatic rings. The van der Waals surface area contributed by atoms with Gasteiger partial charge in [0.15, 0.2) is 6.10 Å². The van der Waals surface area contributed by atoms with Crippen molar-refractivity contribution >= 4 is 18.2 Å². The van der Waals surface area contributed by atoms with Crippen molar-refractivity contribution < 1.29 is 4.74 Å². The van der Waals surface area contributed by atoms with E-state index < -0.39 is 0 Å². The highest BCUT2D eigenvalue weighted by Crippen LogP contribution is 2.29. The average Bonchev–Trinajstić information content (AvgIpc) is 2.84. The molecule has 0 bridgehead atoms. The standard InChI is InChI=1S/C12H14N2O.ClH/c1-8-2-3-10-9(6-8)7-11(15-10)12-13-4-5-14-12;/h2-3,6,11H,4-5,7H2,1H3,(H,13,14);1H. The normalized spacial score (nSPS) is 21.6. The Morgan fingerprint density at radius 3 is 3.06 bits per heavy atom. The highest BCUT2D eigenvalue weighted by Gasteiger charge is 2.28. The Hall–Kier alpha value is -1.22. The number of benzene rings is 1. The molecule has 2 aliphatic rings. The van der Waals surface area contributed by atoms with Gasteiger partial charge < -0.3 is 10.1 Å². The first-order valence-corrected chi connectivity index (χ1v) is 5.37. The van der Waals surface area contributed by atoms with E-state index in [0.717, 1.165) is 31.1 Å². The predicted molar refractivity (Wildman–Crippen MR) is 66.9 cm³/mol. The first-order chi connectivity index (χ1) is 7.33. The number of ether oxygens (including phenoxy) is 1. The average molecular weight is 239 g/mol. The number of nitrogens with zero attached hydrogens (tertiary/aromatic N) is 1. The summed E-state index contributed by atoms with van der Waals surface area (Å²) in [7, 11) is 0. The highest BCUT2D eigenvalue weighted by molar-refractivity contribution is 5.89. The molecule has 3 nitrogen and oxygen atoms in total. The number of amidine groups is 1. The molecule has 0 radical (unpaired) electrons. The molecule has 0 spiro atoms. The van der Waals surface area contributed by atoms with Gasteiger partial charge in [-0.25, -0.2) is 0 Å². The van der Waals surface area contributed by atoms with Gasteiger partial charge >= 0.3 is 0 Å². The molecule has 1 aromatic carbocycles. The maximum Gasteiger partial charge on any atom is 0.159 e. The topological polar surface area (TPSA) is 33.6 Å². The van der Waals surface area contributed by atoms with Crippen LogP contribution in [0.2, 0.25) is 0 Å². The number of aliphatic imine (C=N–C) groups is 1. The monoisotopic (exact) mass is 238 g/mol. The van der Waals surface area contributed by atoms with Crippen molar-refractivity contribution in [2.75, 3.05) is 13.1 Å². The number of fused-ring (bicyclic) bond motifs is 1. The Bertz CT molecular complexity index is 431. The molecule has 2 heterocycles. The molecule has 3 rings (SSSR count). The number of hydrogen-bond acceptors (Lipinski definition) is 3. The SMILES string of the molecule is Cc1ccc2c(c1)CC(C1=NCCN1)O2.Cl. The minimum atomic E-state index is 0. The molecular formula is C12H15ClN2O. The summed E-state index contributed by atoms with van der Waals surface area (Å²) in [5.41, 5.74) is 2.59. The van der Waals surface area contributed by atoms with E-state index in [1.165, 1.54) is 11.1 Å². The molecule has 0 aromatic heterocycles. The molecule has 0 saturated heterocycles. The molecule has 16 heavy (non-hydrogen) atoms. The quantitative estimate of drug-likeness (QED) is 0.809. The van der Waals surface area contributed by atoms with E-state index in [1.807, 2.05) is 0 Å². The molecule has 1 N–H and O–H groups in total. The summed E-state index contributed by atoms with van der Waals surface area (Å²) in [6.07, 6.45) is 1.06. The molecule has 1 atom stereocenters. The van der Waals surface area contributed by atoms with Crippen molar-refractivity contribution in [3.05, 3.63) is 29.3 Å². The van der Waals surface area contributed by atoms with Crippen LogP contribution in [-0.2, 0) is 6.42 Å². The van der Waals surface area contributed by atoms with Crippen molar-refractivity contribution in [3.8, 4) is 5.75 Å². The van der Waals surface area contributed by atoms with Crippen LogP contribution in [0.1, 0.15) is 11.1 Å². The second-order valence-electron chi connectivity index (χ2n) is 4.12. The third-order valence-corrected chi connectivity index (χ3v) is 2.90. The van der Waals surface area contributed by atoms with E-state index in [4.69, 9.17) is 4.74 Å². The van der Waals surface area contributed by atoms with Gasteiger partial charge in [0.1, 0.15) is 11.6 Å². The number of rotatable bonds is 1. The third kappa shape index (κ3) is 1.87. The Kier molecular flexibility index (Phi) is 3.06. The van der Waals surface area contributed by atoms with Crippen LogP contribution in [0.5, 0.6) is 5.75 Å². The van der Waals surface area contributed by atoms with E-state index in [0.29, 0.717) is 0 Å². The summed E-state index contributed by atoms with van der Waals surface area (Å²) >= 11 is 0. The molecule has 1 unspecified atom stereocenters. The lowest BCUT2D eigenvalue weighted by Crippen LogP contribution is -2.34. The van der Waals surface area contributed by atoms with Crippen LogP contribution in [0.4, 0.5) is 0 Å². The zero-order valence-electron chi connectivity index (χ0n) is 9.19. The zero-order valence-corrected chi connectivity index (χ0v) is 10.0. The van der Waals surface area contributed by atoms with Gasteiger partial charge in [0.05, 0.1) is 6.54 Å². The maximum absolute atomic E-state index is 5.85. The number of aryl methyl sites for hydroxylation is 1. The summed E-state index contributed by atoms with van der Waals surface area (Å²) in [6, 6.07) is 6.34. The Labute approximate surface area is 101 Å². The van der Waals surface area contributed by atoms with E-state index in [1.54, 1.807) is 0 Å². The molecule has 4 heteroatoms. The van der Waals surface area contributed by atoms with Crippen LogP contribution in [0.25, 0.3) is 0 Å². The fourth-order valence-electron chi connectivity index (χ4n) is 2.16. The van der Waals surface area contributed by atoms with Crippen LogP contribution in [0, 0.1) is 6.92 Å². The third-order valence-electron chi connectivity index (χ3n) is 2.90. The van der Waals surface area contributed by atoms with Crippen molar-refractivity contribution in [1.82, 2.24) is 5.32 Å². The summed E-state index contributed by atoms with van der Waals surface area (Å²) in [5.74, 6) is 2.03. The van der Waals surface area contributed by atoms with Gasteiger partial charge in [-0.1, -0.05) is 17.7 Å². The number of hydrogen-bond donors (Lipinski definition) is 1. The fraction of sp³-hybridized carbons (Fsp3) is 0.417. The fourth-order valence-corrected chi connectivity index (χ4v) is 2.16. The summed E-state index contributed by atoms with van der Waals surface area (Å²) < 4.78 is 5.85. The lowest BCUT2D eigenvalue weighted by atomic mass is 10.1. The molecule has 0 saturated carbocycles. The van der Waals surface area contributed by atoms with Gasteiger partial charge in [0, 0.05) is 13.0 Å². The minimum absolute atomic E-state index is 0. The van der Waals surface area contributed by atoms with Crippen molar-refractivity contribution in [2.24, 2.45) is 4.99 Å². The summed E-state index contributed by atoms with van der Waals surface area (Å²) in [5, 5.41) is 3.27. The first-order valence-electron chi connectivity index (χ1n) is 5.37. The van der Waals surface area contributed by atoms with E-state index in [-0.39, 0.29) is 18.5 Å². The lowest BCUT2D eigenvalue weighted by Gasteiger charge is -2.10. The summed E-state index contributed by atoms with van der Waals surface area (Å²) in [6.45, 7) is 3.94. The Balaban J connectivity index is 0.000000963. The lowest BCUT2D eigenvalue weighted by molar-refractivity contribution is 0.298. The van der Waals surface area contributed by atoms with Crippen LogP contribution in [0.3, 0.4) is 0 Å². The second kappa shape index (κ2) is 4.34. The molecule has 0 fully saturated rings. The van der Waals surface area contributed by atoms with Crippen molar-refractivity contribution in [3.63, 3.8) is 0 Å². The zero-order chi connectivity index (χ0) is 10.3. The number of halogens is 1. The second-order valence-corrected chi connectivity index (χ2v) is 4.12. The maximum atomic E-state index is 5.85. The van der Waals surface area contributed by atoms with E-state index >= 15 is 0 Å². The molecule has 2 aliphatic heterocycles. The van der Waals surface area contributed by atoms with Crippen LogP contribution in [-0.4, -0.2) is 25.0 Å². The van der Waals surface area contributed by atoms with Gasteiger partial charge in [0.2, 0.25) is 0 Å². The highest BCUT2D eigenvalue weighted by atomic mass is 35.5. The smallest absolute Gasteiger partial charge is 0.159 e. The Morgan fingerprint density at radius 1 is 1.44 bits per heavy atom. The van der Waals surface area contributed by atoms with Gasteiger partial charge in [-0.05, 0) is 18.6 Å². The van der Waals surface area contributed by atoms with E-state index in [2.05, 4.69) is 35.4 Å². The van der Waals surface area contributed by atoms with Crippen LogP contribution >= 0.6 is 12.4 Å². The number of nitrogens with one attached hydrogen (secondary N) is 1. The first kappa shape index (κ1) is 11.3. The molecule has 0 aliphatic carbocycles. The van der Waals surface area contributed by atoms with E-state index in [9.17, 15) is 0 Å². The molecular weight excluding hydrogens is 224 g/mol. The Morgan fingerprint density at radius 2 is 2.31 bits per heavy atom. The van der Waals surface area contributed by atoms with Gasteiger partial charge in [-0.3, -0.25) is 4.99 Å². The van der Waals surface area contributed by atoms with Crippen molar-refractivity contribution in [2.45, 2.75) is 19.4 Å². The van der Waals surface area contributed by atoms with Gasteiger partial charge in [-0.2, -0.15) is 0 Å².